The van der Waals surface area contributed by atoms with Crippen molar-refractivity contribution in [3.63, 3.8) is 0 Å². The lowest BCUT2D eigenvalue weighted by Crippen LogP contribution is -2.18. The van der Waals surface area contributed by atoms with Crippen molar-refractivity contribution in [3.05, 3.63) is 46.5 Å². The van der Waals surface area contributed by atoms with Crippen LogP contribution in [0.5, 0.6) is 0 Å². The molecule has 3 rings (SSSR count). The second-order valence-corrected chi connectivity index (χ2v) is 8.07. The van der Waals surface area contributed by atoms with Crippen LogP contribution >= 0.6 is 23.1 Å². The number of carbonyl (C=O) groups excluding carboxylic acids is 1. The first-order valence-corrected chi connectivity index (χ1v) is 9.73. The summed E-state index contributed by atoms with van der Waals surface area (Å²) in [5.41, 5.74) is 3.60. The van der Waals surface area contributed by atoms with Crippen LogP contribution in [0.3, 0.4) is 0 Å². The highest BCUT2D eigenvalue weighted by Crippen LogP contribution is 2.32. The van der Waals surface area contributed by atoms with Gasteiger partial charge in [0.25, 0.3) is 5.91 Å². The van der Waals surface area contributed by atoms with E-state index in [0.29, 0.717) is 5.69 Å². The third-order valence-electron chi connectivity index (χ3n) is 3.75. The van der Waals surface area contributed by atoms with Gasteiger partial charge in [-0.3, -0.25) is 4.79 Å². The van der Waals surface area contributed by atoms with Crippen molar-refractivity contribution in [2.24, 2.45) is 0 Å². The summed E-state index contributed by atoms with van der Waals surface area (Å²) in [5, 5.41) is 3.05. The van der Waals surface area contributed by atoms with Crippen molar-refractivity contribution in [1.29, 1.82) is 0 Å². The predicted octanol–water partition coefficient (Wildman–Crippen LogP) is 4.57. The molecule has 1 aromatic carbocycles. The van der Waals surface area contributed by atoms with E-state index in [1.165, 1.54) is 9.58 Å². The molecule has 6 heteroatoms. The van der Waals surface area contributed by atoms with Crippen LogP contribution in [-0.4, -0.2) is 36.1 Å². The molecule has 0 atom stereocenters. The van der Waals surface area contributed by atoms with Crippen LogP contribution in [0.4, 0.5) is 5.69 Å². The Bertz CT molecular complexity index is 880. The maximum Gasteiger partial charge on any atom is 0.272 e. The highest BCUT2D eigenvalue weighted by atomic mass is 32.2. The Morgan fingerprint density at radius 2 is 2.08 bits per heavy atom. The third kappa shape index (κ3) is 3.36. The summed E-state index contributed by atoms with van der Waals surface area (Å²) in [7, 11) is 4.04. The van der Waals surface area contributed by atoms with Crippen molar-refractivity contribution >= 4 is 44.9 Å². The number of nitrogens with zero attached hydrogens (tertiary/aromatic N) is 1. The van der Waals surface area contributed by atoms with E-state index >= 15 is 0 Å². The number of aromatic amines is 1. The van der Waals surface area contributed by atoms with Crippen LogP contribution in [0.25, 0.3) is 10.2 Å². The molecule has 0 aliphatic carbocycles. The number of aryl methyl sites for hydroxylation is 1. The number of fused-ring (bicyclic) bond motifs is 1. The van der Waals surface area contributed by atoms with E-state index in [4.69, 9.17) is 0 Å². The number of amides is 1. The number of para-hydroxylation sites is 1. The number of nitrogens with one attached hydrogen (secondary N) is 2. The average molecular weight is 360 g/mol. The minimum absolute atomic E-state index is 0.0885. The fraction of sp³-hybridized carbons (Fsp3) is 0.278. The van der Waals surface area contributed by atoms with Crippen molar-refractivity contribution in [3.8, 4) is 0 Å². The number of H-pyrrole nitrogens is 1. The van der Waals surface area contributed by atoms with Crippen LogP contribution in [0.15, 0.2) is 35.2 Å². The fourth-order valence-electron chi connectivity index (χ4n) is 2.75. The Kier molecular flexibility index (Phi) is 4.99. The zero-order valence-electron chi connectivity index (χ0n) is 14.3. The zero-order valence-corrected chi connectivity index (χ0v) is 15.9. The average Bonchev–Trinajstić information content (AvgIpc) is 3.05. The minimum Gasteiger partial charge on any atom is -0.350 e. The molecular weight excluding hydrogens is 338 g/mol. The van der Waals surface area contributed by atoms with E-state index in [1.807, 2.05) is 44.6 Å². The highest BCUT2D eigenvalue weighted by Gasteiger charge is 2.20. The van der Waals surface area contributed by atoms with Gasteiger partial charge >= 0.3 is 0 Å². The van der Waals surface area contributed by atoms with Crippen molar-refractivity contribution in [2.45, 2.75) is 18.4 Å². The molecule has 24 heavy (non-hydrogen) atoms. The van der Waals surface area contributed by atoms with Gasteiger partial charge in [0.2, 0.25) is 0 Å². The van der Waals surface area contributed by atoms with Crippen LogP contribution in [0, 0.1) is 6.92 Å². The Balaban J connectivity index is 1.98. The summed E-state index contributed by atoms with van der Waals surface area (Å²) >= 11 is 3.36. The quantitative estimate of drug-likeness (QED) is 0.656. The highest BCUT2D eigenvalue weighted by molar-refractivity contribution is 7.98. The van der Waals surface area contributed by atoms with E-state index in [0.717, 1.165) is 28.2 Å². The monoisotopic (exact) mass is 359 g/mol. The van der Waals surface area contributed by atoms with Crippen molar-refractivity contribution in [2.75, 3.05) is 25.7 Å². The first-order chi connectivity index (χ1) is 11.5. The topological polar surface area (TPSA) is 48.1 Å². The predicted molar refractivity (Wildman–Crippen MR) is 104 cm³/mol. The Morgan fingerprint density at radius 3 is 2.79 bits per heavy atom. The van der Waals surface area contributed by atoms with E-state index in [2.05, 4.69) is 28.2 Å². The largest absolute Gasteiger partial charge is 0.350 e. The summed E-state index contributed by atoms with van der Waals surface area (Å²) < 4.78 is 1.17. The molecule has 1 amide bonds. The molecule has 0 radical (unpaired) electrons. The first kappa shape index (κ1) is 17.1. The van der Waals surface area contributed by atoms with Crippen molar-refractivity contribution in [1.82, 2.24) is 9.88 Å². The maximum absolute atomic E-state index is 12.9. The lowest BCUT2D eigenvalue weighted by molar-refractivity contribution is 0.102. The summed E-state index contributed by atoms with van der Waals surface area (Å²) in [5.74, 6) is -0.0885. The SMILES string of the molecule is CSc1ccccc1NC(=O)c1[nH]c2cc(C)sc2c1CN(C)C. The van der Waals surface area contributed by atoms with Gasteiger partial charge in [-0.05, 0) is 45.5 Å². The minimum atomic E-state index is -0.0885. The van der Waals surface area contributed by atoms with Crippen LogP contribution in [0.2, 0.25) is 0 Å². The molecule has 3 aromatic rings. The molecule has 0 saturated heterocycles. The van der Waals surface area contributed by atoms with E-state index in [1.54, 1.807) is 23.1 Å². The molecule has 0 bridgehead atoms. The number of hydrogen-bond donors (Lipinski definition) is 2. The van der Waals surface area contributed by atoms with E-state index in [9.17, 15) is 4.79 Å². The molecule has 4 nitrogen and oxygen atoms in total. The Hall–Kier alpha value is -1.76. The molecular formula is C18H21N3OS2. The summed E-state index contributed by atoms with van der Waals surface area (Å²) in [6.07, 6.45) is 2.01. The van der Waals surface area contributed by atoms with E-state index < -0.39 is 0 Å². The molecule has 0 aliphatic rings. The number of carbonyl (C=O) groups is 1. The van der Waals surface area contributed by atoms with Gasteiger partial charge in [0.1, 0.15) is 5.69 Å². The fourth-order valence-corrected chi connectivity index (χ4v) is 4.31. The van der Waals surface area contributed by atoms with Gasteiger partial charge in [0.15, 0.2) is 0 Å². The smallest absolute Gasteiger partial charge is 0.272 e. The molecule has 126 valence electrons. The van der Waals surface area contributed by atoms with Gasteiger partial charge in [-0.1, -0.05) is 12.1 Å². The van der Waals surface area contributed by atoms with Gasteiger partial charge in [-0.2, -0.15) is 0 Å². The summed E-state index contributed by atoms with van der Waals surface area (Å²) in [6, 6.07) is 9.97. The normalized spacial score (nSPS) is 11.4. The number of hydrogen-bond acceptors (Lipinski definition) is 4. The molecule has 0 aliphatic heterocycles. The lowest BCUT2D eigenvalue weighted by Gasteiger charge is -2.12. The first-order valence-electron chi connectivity index (χ1n) is 7.69. The molecule has 0 unspecified atom stereocenters. The second kappa shape index (κ2) is 7.01. The van der Waals surface area contributed by atoms with Gasteiger partial charge < -0.3 is 15.2 Å². The number of benzene rings is 1. The molecule has 0 spiro atoms. The second-order valence-electron chi connectivity index (χ2n) is 5.97. The molecule has 0 fully saturated rings. The van der Waals surface area contributed by atoms with Gasteiger partial charge in [0, 0.05) is 21.9 Å². The number of rotatable bonds is 5. The summed E-state index contributed by atoms with van der Waals surface area (Å²) in [6.45, 7) is 2.82. The number of thioether (sulfide) groups is 1. The molecule has 2 aromatic heterocycles. The Labute approximate surface area is 150 Å². The molecule has 0 saturated carbocycles. The van der Waals surface area contributed by atoms with Gasteiger partial charge in [-0.25, -0.2) is 0 Å². The number of thiophene rings is 1. The summed E-state index contributed by atoms with van der Waals surface area (Å²) in [4.78, 5) is 20.6. The molecule has 2 N–H and O–H groups in total. The lowest BCUT2D eigenvalue weighted by atomic mass is 10.2. The van der Waals surface area contributed by atoms with Crippen LogP contribution in [-0.2, 0) is 6.54 Å². The molecule has 2 heterocycles. The number of anilines is 1. The van der Waals surface area contributed by atoms with Crippen LogP contribution in [0.1, 0.15) is 20.9 Å². The van der Waals surface area contributed by atoms with Crippen LogP contribution < -0.4 is 5.32 Å². The van der Waals surface area contributed by atoms with E-state index in [-0.39, 0.29) is 5.91 Å². The van der Waals surface area contributed by atoms with Gasteiger partial charge in [-0.15, -0.1) is 23.1 Å². The number of aromatic nitrogens is 1. The zero-order chi connectivity index (χ0) is 17.3. The Morgan fingerprint density at radius 1 is 1.33 bits per heavy atom. The maximum atomic E-state index is 12.9. The standard InChI is InChI=1S/C18H21N3OS2/c1-11-9-14-17(24-11)12(10-21(2)3)16(19-14)18(22)20-13-7-5-6-8-15(13)23-4/h5-9,19H,10H2,1-4H3,(H,20,22). The third-order valence-corrected chi connectivity index (χ3v) is 5.65. The van der Waals surface area contributed by atoms with Crippen molar-refractivity contribution < 1.29 is 4.79 Å². The van der Waals surface area contributed by atoms with Gasteiger partial charge in [0.05, 0.1) is 15.9 Å².